The molecule has 5 heteroatoms. The van der Waals surface area contributed by atoms with Crippen LogP contribution in [0, 0.1) is 0 Å². The third kappa shape index (κ3) is 2.70. The first-order valence-corrected chi connectivity index (χ1v) is 7.05. The molecule has 2 aliphatic rings. The first-order chi connectivity index (χ1) is 7.73. The van der Waals surface area contributed by atoms with E-state index in [4.69, 9.17) is 4.74 Å². The minimum Gasteiger partial charge on any atom is -0.480 e. The number of aliphatic carboxylic acids is 1. The zero-order valence-corrected chi connectivity index (χ0v) is 10.2. The summed E-state index contributed by atoms with van der Waals surface area (Å²) in [5, 5.41) is 12.8. The van der Waals surface area contributed by atoms with E-state index in [9.17, 15) is 9.90 Å². The van der Waals surface area contributed by atoms with Crippen LogP contribution in [0.5, 0.6) is 0 Å². The van der Waals surface area contributed by atoms with Gasteiger partial charge in [0.25, 0.3) is 0 Å². The third-order valence-corrected chi connectivity index (χ3v) is 4.44. The predicted molar refractivity (Wildman–Crippen MR) is 63.9 cm³/mol. The molecule has 0 unspecified atom stereocenters. The number of nitrogens with one attached hydrogen (secondary N) is 1. The lowest BCUT2D eigenvalue weighted by molar-refractivity contribution is -0.146. The van der Waals surface area contributed by atoms with Crippen molar-refractivity contribution >= 4 is 17.7 Å². The van der Waals surface area contributed by atoms with E-state index in [0.29, 0.717) is 6.04 Å². The van der Waals surface area contributed by atoms with Gasteiger partial charge in [-0.05, 0) is 37.2 Å². The molecule has 0 radical (unpaired) electrons. The summed E-state index contributed by atoms with van der Waals surface area (Å²) in [6.07, 6.45) is 3.35. The highest BCUT2D eigenvalue weighted by atomic mass is 32.2. The summed E-state index contributed by atoms with van der Waals surface area (Å²) in [7, 11) is 0. The lowest BCUT2D eigenvalue weighted by atomic mass is 9.90. The molecule has 2 heterocycles. The van der Waals surface area contributed by atoms with Gasteiger partial charge in [0.15, 0.2) is 0 Å². The smallest absolute Gasteiger partial charge is 0.323 e. The van der Waals surface area contributed by atoms with Gasteiger partial charge in [-0.25, -0.2) is 0 Å². The molecule has 2 saturated heterocycles. The third-order valence-electron chi connectivity index (χ3n) is 3.46. The van der Waals surface area contributed by atoms with Crippen LogP contribution in [0.25, 0.3) is 0 Å². The van der Waals surface area contributed by atoms with Crippen LogP contribution in [-0.4, -0.2) is 47.4 Å². The largest absolute Gasteiger partial charge is 0.480 e. The van der Waals surface area contributed by atoms with Crippen molar-refractivity contribution in [2.24, 2.45) is 0 Å². The van der Waals surface area contributed by atoms with Gasteiger partial charge in [0, 0.05) is 19.3 Å². The van der Waals surface area contributed by atoms with Gasteiger partial charge in [0.2, 0.25) is 0 Å². The minimum atomic E-state index is -0.681. The molecule has 0 aromatic rings. The van der Waals surface area contributed by atoms with Crippen LogP contribution < -0.4 is 5.32 Å². The second kappa shape index (κ2) is 5.38. The van der Waals surface area contributed by atoms with Gasteiger partial charge in [0.05, 0.1) is 0 Å². The first kappa shape index (κ1) is 12.2. The average molecular weight is 245 g/mol. The summed E-state index contributed by atoms with van der Waals surface area (Å²) in [5.74, 6) is 1.21. The zero-order chi connectivity index (χ0) is 11.4. The molecule has 0 atom stereocenters. The highest BCUT2D eigenvalue weighted by Crippen LogP contribution is 2.28. The molecule has 2 fully saturated rings. The standard InChI is InChI=1S/C11H19NO3S/c13-10(14)11(3-7-16-8-4-11)12-9-1-5-15-6-2-9/h9,12H,1-8H2,(H,13,14). The number of thioether (sulfide) groups is 1. The Balaban J connectivity index is 1.98. The Morgan fingerprint density at radius 3 is 2.50 bits per heavy atom. The Morgan fingerprint density at radius 1 is 1.31 bits per heavy atom. The summed E-state index contributed by atoms with van der Waals surface area (Å²) in [6, 6.07) is 0.313. The highest BCUT2D eigenvalue weighted by molar-refractivity contribution is 7.99. The van der Waals surface area contributed by atoms with Crippen LogP contribution in [0.2, 0.25) is 0 Å². The fourth-order valence-corrected chi connectivity index (χ4v) is 3.56. The molecule has 0 aromatic carbocycles. The van der Waals surface area contributed by atoms with Gasteiger partial charge in [-0.1, -0.05) is 0 Å². The Hall–Kier alpha value is -0.260. The van der Waals surface area contributed by atoms with Crippen LogP contribution >= 0.6 is 11.8 Å². The zero-order valence-electron chi connectivity index (χ0n) is 9.41. The number of ether oxygens (including phenoxy) is 1. The number of carbonyl (C=O) groups is 1. The van der Waals surface area contributed by atoms with E-state index >= 15 is 0 Å². The molecule has 0 aliphatic carbocycles. The van der Waals surface area contributed by atoms with Gasteiger partial charge >= 0.3 is 5.97 Å². The lowest BCUT2D eigenvalue weighted by Crippen LogP contribution is -2.58. The van der Waals surface area contributed by atoms with Crippen LogP contribution in [-0.2, 0) is 9.53 Å². The summed E-state index contributed by atoms with van der Waals surface area (Å²) >= 11 is 1.85. The van der Waals surface area contributed by atoms with Crippen molar-refractivity contribution in [1.82, 2.24) is 5.32 Å². The molecule has 0 amide bonds. The lowest BCUT2D eigenvalue weighted by Gasteiger charge is -2.38. The van der Waals surface area contributed by atoms with Gasteiger partial charge in [-0.3, -0.25) is 10.1 Å². The molecule has 4 nitrogen and oxygen atoms in total. The fourth-order valence-electron chi connectivity index (χ4n) is 2.37. The monoisotopic (exact) mass is 245 g/mol. The van der Waals surface area contributed by atoms with Crippen molar-refractivity contribution in [3.8, 4) is 0 Å². The van der Waals surface area contributed by atoms with E-state index in [2.05, 4.69) is 5.32 Å². The molecule has 2 rings (SSSR count). The SMILES string of the molecule is O=C(O)C1(NC2CCOCC2)CCSCC1. The topological polar surface area (TPSA) is 58.6 Å². The Morgan fingerprint density at radius 2 is 1.94 bits per heavy atom. The maximum Gasteiger partial charge on any atom is 0.323 e. The Labute approximate surface area is 100 Å². The van der Waals surface area contributed by atoms with Gasteiger partial charge in [0.1, 0.15) is 5.54 Å². The van der Waals surface area contributed by atoms with E-state index in [-0.39, 0.29) is 0 Å². The molecule has 2 N–H and O–H groups in total. The molecular weight excluding hydrogens is 226 g/mol. The summed E-state index contributed by atoms with van der Waals surface area (Å²) < 4.78 is 5.29. The predicted octanol–water partition coefficient (Wildman–Crippen LogP) is 1.11. The molecule has 2 aliphatic heterocycles. The first-order valence-electron chi connectivity index (χ1n) is 5.89. The molecule has 0 spiro atoms. The summed E-state index contributed by atoms with van der Waals surface area (Å²) in [6.45, 7) is 1.50. The van der Waals surface area contributed by atoms with Gasteiger partial charge < -0.3 is 9.84 Å². The molecule has 0 bridgehead atoms. The molecule has 0 aromatic heterocycles. The second-order valence-electron chi connectivity index (χ2n) is 4.53. The maximum absolute atomic E-state index is 11.4. The maximum atomic E-state index is 11.4. The van der Waals surface area contributed by atoms with Gasteiger partial charge in [-0.15, -0.1) is 0 Å². The van der Waals surface area contributed by atoms with Crippen LogP contribution in [0.3, 0.4) is 0 Å². The normalized spacial score (nSPS) is 26.5. The van der Waals surface area contributed by atoms with Crippen LogP contribution in [0.15, 0.2) is 0 Å². The van der Waals surface area contributed by atoms with Crippen LogP contribution in [0.1, 0.15) is 25.7 Å². The van der Waals surface area contributed by atoms with Gasteiger partial charge in [-0.2, -0.15) is 11.8 Å². The van der Waals surface area contributed by atoms with Crippen molar-refractivity contribution in [3.05, 3.63) is 0 Å². The van der Waals surface area contributed by atoms with Crippen LogP contribution in [0.4, 0.5) is 0 Å². The number of carboxylic acids is 1. The van der Waals surface area contributed by atoms with Crippen molar-refractivity contribution in [2.75, 3.05) is 24.7 Å². The van der Waals surface area contributed by atoms with E-state index in [1.807, 2.05) is 11.8 Å². The molecule has 0 saturated carbocycles. The number of carboxylic acid groups (broad SMARTS) is 1. The fraction of sp³-hybridized carbons (Fsp3) is 0.909. The van der Waals surface area contributed by atoms with E-state index in [1.165, 1.54) is 0 Å². The van der Waals surface area contributed by atoms with Crippen molar-refractivity contribution in [3.63, 3.8) is 0 Å². The number of hydrogen-bond acceptors (Lipinski definition) is 4. The molecular formula is C11H19NO3S. The summed E-state index contributed by atoms with van der Waals surface area (Å²) in [4.78, 5) is 11.4. The van der Waals surface area contributed by atoms with Crippen molar-refractivity contribution in [1.29, 1.82) is 0 Å². The Kier molecular flexibility index (Phi) is 4.10. The van der Waals surface area contributed by atoms with E-state index in [0.717, 1.165) is 50.4 Å². The molecule has 92 valence electrons. The van der Waals surface area contributed by atoms with E-state index in [1.54, 1.807) is 0 Å². The average Bonchev–Trinajstić information content (AvgIpc) is 2.31. The highest BCUT2D eigenvalue weighted by Gasteiger charge is 2.41. The second-order valence-corrected chi connectivity index (χ2v) is 5.76. The Bertz CT molecular complexity index is 248. The van der Waals surface area contributed by atoms with Crippen molar-refractivity contribution in [2.45, 2.75) is 37.3 Å². The summed E-state index contributed by atoms with van der Waals surface area (Å²) in [5.41, 5.74) is -0.673. The number of rotatable bonds is 3. The quantitative estimate of drug-likeness (QED) is 0.780. The number of hydrogen-bond donors (Lipinski definition) is 2. The molecule has 16 heavy (non-hydrogen) atoms. The van der Waals surface area contributed by atoms with Crippen molar-refractivity contribution < 1.29 is 14.6 Å². The van der Waals surface area contributed by atoms with E-state index < -0.39 is 11.5 Å². The minimum absolute atomic E-state index is 0.313.